The van der Waals surface area contributed by atoms with Crippen LogP contribution in [0.5, 0.6) is 17.2 Å². The molecule has 2 aromatic rings. The Morgan fingerprint density at radius 1 is 1.24 bits per heavy atom. The average molecular weight is 399 g/mol. The molecule has 8 heteroatoms. The highest BCUT2D eigenvalue weighted by Gasteiger charge is 2.34. The summed E-state index contributed by atoms with van der Waals surface area (Å²) in [6.07, 6.45) is 0.931. The smallest absolute Gasteiger partial charge is 0.199 e. The van der Waals surface area contributed by atoms with E-state index in [0.717, 1.165) is 0 Å². The molecule has 0 aliphatic heterocycles. The van der Waals surface area contributed by atoms with Crippen molar-refractivity contribution in [2.45, 2.75) is 19.3 Å². The molecule has 0 saturated heterocycles. The number of para-hydroxylation sites is 1. The molecule has 0 radical (unpaired) electrons. The predicted octanol–water partition coefficient (Wildman–Crippen LogP) is 1.40. The number of fused-ring (bicyclic) bond motifs is 1. The topological polar surface area (TPSA) is 147 Å². The molecule has 3 rings (SSSR count). The van der Waals surface area contributed by atoms with Crippen molar-refractivity contribution in [3.8, 4) is 17.2 Å². The first-order chi connectivity index (χ1) is 13.8. The Morgan fingerprint density at radius 2 is 1.97 bits per heavy atom. The van der Waals surface area contributed by atoms with Gasteiger partial charge in [0.05, 0.1) is 23.9 Å². The largest absolute Gasteiger partial charge is 0.507 e. The summed E-state index contributed by atoms with van der Waals surface area (Å²) < 4.78 is 5.11. The lowest BCUT2D eigenvalue weighted by atomic mass is 9.78. The molecule has 1 atom stereocenters. The zero-order valence-corrected chi connectivity index (χ0v) is 15.8. The highest BCUT2D eigenvalue weighted by molar-refractivity contribution is 6.18. The zero-order chi connectivity index (χ0) is 21.3. The van der Waals surface area contributed by atoms with E-state index in [4.69, 9.17) is 15.6 Å². The van der Waals surface area contributed by atoms with Crippen molar-refractivity contribution in [1.29, 1.82) is 0 Å². The SMILES string of the molecule is COc1cccc(C(=O)c2c(O)c3c(c(O)c2C=O)CCC(C(=O)CO)C3)c1N. The van der Waals surface area contributed by atoms with Gasteiger partial charge in [-0.25, -0.2) is 0 Å². The van der Waals surface area contributed by atoms with E-state index in [1.54, 1.807) is 6.07 Å². The van der Waals surface area contributed by atoms with Gasteiger partial charge in [-0.3, -0.25) is 14.4 Å². The molecule has 2 aromatic carbocycles. The minimum atomic E-state index is -0.755. The third kappa shape index (κ3) is 3.31. The van der Waals surface area contributed by atoms with Gasteiger partial charge in [0.25, 0.3) is 0 Å². The molecule has 0 fully saturated rings. The van der Waals surface area contributed by atoms with Gasteiger partial charge in [-0.1, -0.05) is 6.07 Å². The van der Waals surface area contributed by atoms with Gasteiger partial charge in [0.2, 0.25) is 0 Å². The second kappa shape index (κ2) is 7.92. The van der Waals surface area contributed by atoms with E-state index >= 15 is 0 Å². The number of carbonyl (C=O) groups is 3. The second-order valence-corrected chi connectivity index (χ2v) is 6.88. The van der Waals surface area contributed by atoms with Crippen LogP contribution in [0.4, 0.5) is 5.69 Å². The van der Waals surface area contributed by atoms with Crippen LogP contribution in [-0.2, 0) is 17.6 Å². The number of ketones is 2. The maximum absolute atomic E-state index is 13.2. The quantitative estimate of drug-likeness (QED) is 0.247. The lowest BCUT2D eigenvalue weighted by Gasteiger charge is -2.26. The Hall–Kier alpha value is -3.39. The Labute approximate surface area is 166 Å². The van der Waals surface area contributed by atoms with Crippen LogP contribution >= 0.6 is 0 Å². The number of nitrogen functional groups attached to an aromatic ring is 1. The fraction of sp³-hybridized carbons (Fsp3) is 0.286. The number of aliphatic hydroxyl groups excluding tert-OH is 1. The van der Waals surface area contributed by atoms with Crippen LogP contribution in [0.1, 0.15) is 43.8 Å². The first kappa shape index (κ1) is 20.3. The first-order valence-electron chi connectivity index (χ1n) is 9.01. The molecule has 1 aliphatic rings. The number of hydrogen-bond donors (Lipinski definition) is 4. The number of anilines is 1. The average Bonchev–Trinajstić information content (AvgIpc) is 2.74. The molecule has 5 N–H and O–H groups in total. The number of rotatable bonds is 6. The van der Waals surface area contributed by atoms with Crippen molar-refractivity contribution in [3.05, 3.63) is 46.0 Å². The van der Waals surface area contributed by atoms with E-state index in [1.807, 2.05) is 0 Å². The number of phenolic OH excluding ortho intramolecular Hbond substituents is 2. The first-order valence-corrected chi connectivity index (χ1v) is 9.01. The number of nitrogens with two attached hydrogens (primary N) is 1. The van der Waals surface area contributed by atoms with Crippen molar-refractivity contribution >= 4 is 23.5 Å². The number of aromatic hydroxyl groups is 2. The van der Waals surface area contributed by atoms with E-state index in [2.05, 4.69) is 0 Å². The number of methoxy groups -OCH3 is 1. The van der Waals surface area contributed by atoms with Gasteiger partial charge in [0, 0.05) is 22.6 Å². The second-order valence-electron chi connectivity index (χ2n) is 6.88. The fourth-order valence-electron chi connectivity index (χ4n) is 3.80. The van der Waals surface area contributed by atoms with Crippen LogP contribution in [0.3, 0.4) is 0 Å². The highest BCUT2D eigenvalue weighted by Crippen LogP contribution is 2.43. The Bertz CT molecular complexity index is 1010. The molecule has 0 heterocycles. The molecule has 1 aliphatic carbocycles. The van der Waals surface area contributed by atoms with Gasteiger partial charge >= 0.3 is 0 Å². The molecule has 0 bridgehead atoms. The van der Waals surface area contributed by atoms with Crippen molar-refractivity contribution in [1.82, 2.24) is 0 Å². The number of benzene rings is 2. The van der Waals surface area contributed by atoms with E-state index < -0.39 is 29.8 Å². The third-order valence-electron chi connectivity index (χ3n) is 5.38. The lowest BCUT2D eigenvalue weighted by molar-refractivity contribution is -0.125. The molecule has 0 saturated carbocycles. The van der Waals surface area contributed by atoms with Crippen LogP contribution < -0.4 is 10.5 Å². The predicted molar refractivity (Wildman–Crippen MR) is 104 cm³/mol. The van der Waals surface area contributed by atoms with Crippen LogP contribution in [-0.4, -0.2) is 46.9 Å². The maximum Gasteiger partial charge on any atom is 0.199 e. The van der Waals surface area contributed by atoms with Crippen LogP contribution in [0.25, 0.3) is 0 Å². The minimum absolute atomic E-state index is 0.000828. The summed E-state index contributed by atoms with van der Waals surface area (Å²) in [5, 5.41) is 30.6. The van der Waals surface area contributed by atoms with Crippen molar-refractivity contribution in [2.24, 2.45) is 5.92 Å². The number of carbonyl (C=O) groups excluding carboxylic acids is 3. The number of hydrogen-bond acceptors (Lipinski definition) is 8. The normalized spacial score (nSPS) is 15.4. The molecular formula is C21H21NO7. The summed E-state index contributed by atoms with van der Waals surface area (Å²) in [5.74, 6) is -2.31. The van der Waals surface area contributed by atoms with Crippen LogP contribution in [0.2, 0.25) is 0 Å². The summed E-state index contributed by atoms with van der Waals surface area (Å²) in [6, 6.07) is 4.51. The summed E-state index contributed by atoms with van der Waals surface area (Å²) in [5.41, 5.74) is 5.83. The van der Waals surface area contributed by atoms with Gasteiger partial charge in [0.15, 0.2) is 17.9 Å². The number of aldehydes is 1. The molecule has 1 unspecified atom stereocenters. The molecule has 0 aromatic heterocycles. The van der Waals surface area contributed by atoms with Gasteiger partial charge in [-0.05, 0) is 31.4 Å². The van der Waals surface area contributed by atoms with E-state index in [0.29, 0.717) is 18.3 Å². The lowest BCUT2D eigenvalue weighted by Crippen LogP contribution is -2.26. The summed E-state index contributed by atoms with van der Waals surface area (Å²) >= 11 is 0. The van der Waals surface area contributed by atoms with Gasteiger partial charge in [0.1, 0.15) is 23.9 Å². The highest BCUT2D eigenvalue weighted by atomic mass is 16.5. The van der Waals surface area contributed by atoms with Crippen molar-refractivity contribution in [3.63, 3.8) is 0 Å². The summed E-state index contributed by atoms with van der Waals surface area (Å²) in [4.78, 5) is 36.8. The molecule has 0 amide bonds. The number of Topliss-reactive ketones (excluding diaryl/α,β-unsaturated/α-hetero) is 1. The Morgan fingerprint density at radius 3 is 2.59 bits per heavy atom. The Kier molecular flexibility index (Phi) is 5.56. The fourth-order valence-corrected chi connectivity index (χ4v) is 3.80. The molecule has 29 heavy (non-hydrogen) atoms. The van der Waals surface area contributed by atoms with Crippen molar-refractivity contribution < 1.29 is 34.4 Å². The van der Waals surface area contributed by atoms with Crippen LogP contribution in [0, 0.1) is 5.92 Å². The monoisotopic (exact) mass is 399 g/mol. The van der Waals surface area contributed by atoms with Gasteiger partial charge in [-0.2, -0.15) is 0 Å². The Balaban J connectivity index is 2.20. The summed E-state index contributed by atoms with van der Waals surface area (Å²) in [6.45, 7) is -0.634. The maximum atomic E-state index is 13.2. The zero-order valence-electron chi connectivity index (χ0n) is 15.8. The van der Waals surface area contributed by atoms with E-state index in [-0.39, 0.29) is 52.3 Å². The van der Waals surface area contributed by atoms with E-state index in [1.165, 1.54) is 19.2 Å². The number of ether oxygens (including phenoxy) is 1. The summed E-state index contributed by atoms with van der Waals surface area (Å²) in [7, 11) is 1.39. The number of phenols is 2. The minimum Gasteiger partial charge on any atom is -0.507 e. The number of aliphatic hydroxyl groups is 1. The molecule has 0 spiro atoms. The molecule has 152 valence electrons. The van der Waals surface area contributed by atoms with Crippen molar-refractivity contribution in [2.75, 3.05) is 19.5 Å². The molecule has 8 nitrogen and oxygen atoms in total. The van der Waals surface area contributed by atoms with Crippen LogP contribution in [0.15, 0.2) is 18.2 Å². The van der Waals surface area contributed by atoms with Gasteiger partial charge in [-0.15, -0.1) is 0 Å². The third-order valence-corrected chi connectivity index (χ3v) is 5.38. The van der Waals surface area contributed by atoms with E-state index in [9.17, 15) is 24.6 Å². The molecular weight excluding hydrogens is 378 g/mol. The van der Waals surface area contributed by atoms with Gasteiger partial charge < -0.3 is 25.8 Å². The standard InChI is InChI=1S/C21H21NO7/c1-29-16-4-2-3-12(18(16)22)20(27)17-14(8-23)19(26)11-6-5-10(15(25)9-24)7-13(11)21(17)28/h2-4,8,10,24,26,28H,5-7,9,22H2,1H3.